The Morgan fingerprint density at radius 2 is 2.20 bits per heavy atom. The molecule has 3 heterocycles. The van der Waals surface area contributed by atoms with Crippen LogP contribution in [0.1, 0.15) is 17.2 Å². The Morgan fingerprint density at radius 1 is 1.30 bits per heavy atom. The van der Waals surface area contributed by atoms with Crippen molar-refractivity contribution >= 4 is 37.5 Å². The molecule has 0 saturated carbocycles. The second kappa shape index (κ2) is 5.99. The van der Waals surface area contributed by atoms with Gasteiger partial charge in [0, 0.05) is 29.1 Å². The third kappa shape index (κ3) is 2.90. The average molecular weight is 348 g/mol. The van der Waals surface area contributed by atoms with Crippen molar-refractivity contribution in [3.05, 3.63) is 57.8 Å². The molecule has 3 nitrogen and oxygen atoms in total. The van der Waals surface area contributed by atoms with Crippen LogP contribution < -0.4 is 5.32 Å². The number of likely N-dealkylation sites (N-methyl/N-ethyl adjacent to an activating group) is 1. The molecule has 0 aromatic carbocycles. The molecule has 0 bridgehead atoms. The first-order valence-corrected chi connectivity index (χ1v) is 8.03. The van der Waals surface area contributed by atoms with E-state index in [1.165, 1.54) is 15.8 Å². The predicted octanol–water partition coefficient (Wildman–Crippen LogP) is 3.96. The molecular formula is C15H14BrN3S. The van der Waals surface area contributed by atoms with Crippen LogP contribution in [0.3, 0.4) is 0 Å². The van der Waals surface area contributed by atoms with E-state index >= 15 is 0 Å². The van der Waals surface area contributed by atoms with Crippen LogP contribution in [0.25, 0.3) is 10.2 Å². The molecule has 3 aromatic rings. The summed E-state index contributed by atoms with van der Waals surface area (Å²) in [6.45, 7) is 0. The molecule has 1 N–H and O–H groups in total. The first-order valence-electron chi connectivity index (χ1n) is 6.36. The largest absolute Gasteiger partial charge is 0.313 e. The zero-order chi connectivity index (χ0) is 13.9. The van der Waals surface area contributed by atoms with E-state index in [0.29, 0.717) is 0 Å². The summed E-state index contributed by atoms with van der Waals surface area (Å²) in [5.41, 5.74) is 3.48. The van der Waals surface area contributed by atoms with Crippen molar-refractivity contribution in [1.29, 1.82) is 0 Å². The fraction of sp³-hybridized carbons (Fsp3) is 0.200. The fourth-order valence-corrected chi connectivity index (χ4v) is 3.44. The van der Waals surface area contributed by atoms with Gasteiger partial charge >= 0.3 is 0 Å². The monoisotopic (exact) mass is 347 g/mol. The number of thiophene rings is 1. The number of aromatic nitrogens is 2. The Balaban J connectivity index is 1.88. The summed E-state index contributed by atoms with van der Waals surface area (Å²) in [5.74, 6) is 0. The van der Waals surface area contributed by atoms with Crippen molar-refractivity contribution in [3.63, 3.8) is 0 Å². The molecule has 0 fully saturated rings. The molecule has 1 atom stereocenters. The molecule has 102 valence electrons. The van der Waals surface area contributed by atoms with Gasteiger partial charge in [0.1, 0.15) is 0 Å². The van der Waals surface area contributed by atoms with Gasteiger partial charge in [-0.3, -0.25) is 9.97 Å². The smallest absolute Gasteiger partial charge is 0.0809 e. The highest BCUT2D eigenvalue weighted by molar-refractivity contribution is 9.10. The Kier molecular flexibility index (Phi) is 4.10. The summed E-state index contributed by atoms with van der Waals surface area (Å²) in [6, 6.07) is 6.62. The fourth-order valence-electron chi connectivity index (χ4n) is 2.24. The molecule has 0 spiro atoms. The SMILES string of the molecule is CNC(Cc1cncc(Br)c1)c1cnc2ccsc2c1. The molecule has 0 aliphatic carbocycles. The molecular weight excluding hydrogens is 334 g/mol. The Labute approximate surface area is 130 Å². The number of hydrogen-bond donors (Lipinski definition) is 1. The number of pyridine rings is 2. The number of halogens is 1. The molecule has 1 unspecified atom stereocenters. The van der Waals surface area contributed by atoms with Crippen LogP contribution >= 0.6 is 27.3 Å². The highest BCUT2D eigenvalue weighted by atomic mass is 79.9. The molecule has 20 heavy (non-hydrogen) atoms. The lowest BCUT2D eigenvalue weighted by molar-refractivity contribution is 0.590. The van der Waals surface area contributed by atoms with Crippen molar-refractivity contribution in [2.24, 2.45) is 0 Å². The van der Waals surface area contributed by atoms with Gasteiger partial charge in [0.25, 0.3) is 0 Å². The van der Waals surface area contributed by atoms with Gasteiger partial charge < -0.3 is 5.32 Å². The minimum absolute atomic E-state index is 0.241. The summed E-state index contributed by atoms with van der Waals surface area (Å²) < 4.78 is 2.24. The molecule has 0 amide bonds. The Morgan fingerprint density at radius 3 is 3.00 bits per heavy atom. The van der Waals surface area contributed by atoms with Crippen LogP contribution in [-0.4, -0.2) is 17.0 Å². The standard InChI is InChI=1S/C15H14BrN3S/c1-17-14(5-10-4-12(16)9-18-7-10)11-6-15-13(19-8-11)2-3-20-15/h2-4,6-9,14,17H,5H2,1H3. The predicted molar refractivity (Wildman–Crippen MR) is 87.1 cm³/mol. The maximum Gasteiger partial charge on any atom is 0.0809 e. The first kappa shape index (κ1) is 13.7. The second-order valence-electron chi connectivity index (χ2n) is 4.63. The number of hydrogen-bond acceptors (Lipinski definition) is 4. The third-order valence-corrected chi connectivity index (χ3v) is 4.56. The highest BCUT2D eigenvalue weighted by Gasteiger charge is 2.12. The van der Waals surface area contributed by atoms with Gasteiger partial charge in [-0.2, -0.15) is 0 Å². The topological polar surface area (TPSA) is 37.8 Å². The average Bonchev–Trinajstić information content (AvgIpc) is 2.92. The first-order chi connectivity index (χ1) is 9.76. The lowest BCUT2D eigenvalue weighted by atomic mass is 10.0. The van der Waals surface area contributed by atoms with Gasteiger partial charge in [0.15, 0.2) is 0 Å². The van der Waals surface area contributed by atoms with Crippen molar-refractivity contribution in [3.8, 4) is 0 Å². The maximum atomic E-state index is 4.51. The van der Waals surface area contributed by atoms with E-state index < -0.39 is 0 Å². The van der Waals surface area contributed by atoms with E-state index in [4.69, 9.17) is 0 Å². The molecule has 0 aliphatic rings. The van der Waals surface area contributed by atoms with Crippen molar-refractivity contribution < 1.29 is 0 Å². The van der Waals surface area contributed by atoms with Crippen molar-refractivity contribution in [1.82, 2.24) is 15.3 Å². The van der Waals surface area contributed by atoms with E-state index in [1.807, 2.05) is 19.4 Å². The van der Waals surface area contributed by atoms with E-state index in [1.54, 1.807) is 17.5 Å². The second-order valence-corrected chi connectivity index (χ2v) is 6.49. The van der Waals surface area contributed by atoms with Crippen LogP contribution in [0, 0.1) is 0 Å². The number of rotatable bonds is 4. The zero-order valence-electron chi connectivity index (χ0n) is 11.0. The minimum Gasteiger partial charge on any atom is -0.313 e. The summed E-state index contributed by atoms with van der Waals surface area (Å²) in [5, 5.41) is 5.44. The third-order valence-electron chi connectivity index (χ3n) is 3.28. The molecule has 0 aliphatic heterocycles. The van der Waals surface area contributed by atoms with Gasteiger partial charge in [-0.05, 0) is 64.1 Å². The molecule has 0 saturated heterocycles. The van der Waals surface area contributed by atoms with E-state index in [-0.39, 0.29) is 6.04 Å². The number of fused-ring (bicyclic) bond motifs is 1. The molecule has 3 rings (SSSR count). The Hall–Kier alpha value is -1.30. The van der Waals surface area contributed by atoms with E-state index in [0.717, 1.165) is 16.4 Å². The van der Waals surface area contributed by atoms with E-state index in [9.17, 15) is 0 Å². The minimum atomic E-state index is 0.241. The van der Waals surface area contributed by atoms with Crippen LogP contribution in [0.5, 0.6) is 0 Å². The van der Waals surface area contributed by atoms with Gasteiger partial charge in [-0.1, -0.05) is 0 Å². The van der Waals surface area contributed by atoms with Gasteiger partial charge in [-0.25, -0.2) is 0 Å². The van der Waals surface area contributed by atoms with Crippen LogP contribution in [0.15, 0.2) is 46.6 Å². The highest BCUT2D eigenvalue weighted by Crippen LogP contribution is 2.25. The number of nitrogens with zero attached hydrogens (tertiary/aromatic N) is 2. The number of nitrogens with one attached hydrogen (secondary N) is 1. The quantitative estimate of drug-likeness (QED) is 0.776. The lowest BCUT2D eigenvalue weighted by Crippen LogP contribution is -2.19. The summed E-state index contributed by atoms with van der Waals surface area (Å²) in [6.07, 6.45) is 6.56. The lowest BCUT2D eigenvalue weighted by Gasteiger charge is -2.16. The maximum absolute atomic E-state index is 4.51. The van der Waals surface area contributed by atoms with Gasteiger partial charge in [0.2, 0.25) is 0 Å². The van der Waals surface area contributed by atoms with Gasteiger partial charge in [0.05, 0.1) is 10.2 Å². The molecule has 5 heteroatoms. The summed E-state index contributed by atoms with van der Waals surface area (Å²) >= 11 is 5.19. The normalized spacial score (nSPS) is 12.7. The Bertz CT molecular complexity index is 726. The van der Waals surface area contributed by atoms with Gasteiger partial charge in [-0.15, -0.1) is 11.3 Å². The van der Waals surface area contributed by atoms with Crippen LogP contribution in [0.4, 0.5) is 0 Å². The zero-order valence-corrected chi connectivity index (χ0v) is 13.4. The summed E-state index contributed by atoms with van der Waals surface area (Å²) in [7, 11) is 1.98. The summed E-state index contributed by atoms with van der Waals surface area (Å²) in [4.78, 5) is 8.73. The van der Waals surface area contributed by atoms with Crippen LogP contribution in [-0.2, 0) is 6.42 Å². The van der Waals surface area contributed by atoms with Crippen molar-refractivity contribution in [2.45, 2.75) is 12.5 Å². The molecule has 0 radical (unpaired) electrons. The van der Waals surface area contributed by atoms with Crippen molar-refractivity contribution in [2.75, 3.05) is 7.05 Å². The van der Waals surface area contributed by atoms with E-state index in [2.05, 4.69) is 54.8 Å². The molecule has 3 aromatic heterocycles. The van der Waals surface area contributed by atoms with Crippen LogP contribution in [0.2, 0.25) is 0 Å².